The lowest BCUT2D eigenvalue weighted by atomic mass is 10.2. The monoisotopic (exact) mass is 335 g/mol. The number of nitro groups is 1. The van der Waals surface area contributed by atoms with Crippen molar-refractivity contribution >= 4 is 28.9 Å². The maximum absolute atomic E-state index is 10.8. The van der Waals surface area contributed by atoms with Crippen LogP contribution in [0, 0.1) is 10.1 Å². The molecule has 0 amide bonds. The van der Waals surface area contributed by atoms with E-state index in [0.29, 0.717) is 21.2 Å². The van der Waals surface area contributed by atoms with Crippen LogP contribution in [-0.4, -0.2) is 15.1 Å². The number of rotatable bonds is 3. The lowest BCUT2D eigenvalue weighted by Crippen LogP contribution is -1.89. The van der Waals surface area contributed by atoms with Crippen LogP contribution in [0.25, 0.3) is 22.8 Å². The minimum absolute atomic E-state index is 0.0478. The molecule has 1 heterocycles. The van der Waals surface area contributed by atoms with Crippen molar-refractivity contribution in [3.05, 3.63) is 62.6 Å². The second kappa shape index (κ2) is 5.75. The second-order valence-corrected chi connectivity index (χ2v) is 5.20. The van der Waals surface area contributed by atoms with Crippen LogP contribution < -0.4 is 0 Å². The lowest BCUT2D eigenvalue weighted by Gasteiger charge is -1.98. The van der Waals surface area contributed by atoms with Crippen LogP contribution in [0.5, 0.6) is 0 Å². The van der Waals surface area contributed by atoms with Crippen molar-refractivity contribution in [2.45, 2.75) is 0 Å². The van der Waals surface area contributed by atoms with E-state index in [0.717, 1.165) is 0 Å². The van der Waals surface area contributed by atoms with E-state index in [1.165, 1.54) is 12.1 Å². The van der Waals surface area contributed by atoms with Crippen LogP contribution in [0.2, 0.25) is 10.0 Å². The van der Waals surface area contributed by atoms with Gasteiger partial charge in [-0.2, -0.15) is 4.98 Å². The quantitative estimate of drug-likeness (QED) is 0.515. The lowest BCUT2D eigenvalue weighted by molar-refractivity contribution is -0.384. The van der Waals surface area contributed by atoms with Gasteiger partial charge in [-0.1, -0.05) is 40.5 Å². The Balaban J connectivity index is 2.00. The van der Waals surface area contributed by atoms with Crippen LogP contribution in [0.4, 0.5) is 5.69 Å². The molecule has 110 valence electrons. The molecule has 0 spiro atoms. The first kappa shape index (κ1) is 14.5. The number of hydrogen-bond acceptors (Lipinski definition) is 5. The smallest absolute Gasteiger partial charge is 0.270 e. The van der Waals surface area contributed by atoms with E-state index in [2.05, 4.69) is 10.1 Å². The summed E-state index contributed by atoms with van der Waals surface area (Å²) in [4.78, 5) is 14.5. The van der Waals surface area contributed by atoms with Crippen molar-refractivity contribution in [3.63, 3.8) is 0 Å². The fourth-order valence-electron chi connectivity index (χ4n) is 1.87. The molecule has 0 saturated heterocycles. The molecule has 0 atom stereocenters. The average molecular weight is 336 g/mol. The molecular formula is C14H7Cl2N3O3. The Hall–Kier alpha value is -2.44. The largest absolute Gasteiger partial charge is 0.334 e. The molecular weight excluding hydrogens is 329 g/mol. The van der Waals surface area contributed by atoms with Gasteiger partial charge in [0.1, 0.15) is 0 Å². The Bertz CT molecular complexity index is 864. The number of hydrogen-bond donors (Lipinski definition) is 0. The minimum Gasteiger partial charge on any atom is -0.334 e. The topological polar surface area (TPSA) is 82.1 Å². The van der Waals surface area contributed by atoms with Crippen LogP contribution in [0.1, 0.15) is 0 Å². The van der Waals surface area contributed by atoms with Crippen LogP contribution in [-0.2, 0) is 0 Å². The van der Waals surface area contributed by atoms with Gasteiger partial charge in [-0.3, -0.25) is 10.1 Å². The van der Waals surface area contributed by atoms with Gasteiger partial charge < -0.3 is 4.52 Å². The number of nitro benzene ring substituents is 1. The van der Waals surface area contributed by atoms with Crippen LogP contribution in [0.3, 0.4) is 0 Å². The van der Waals surface area contributed by atoms with Crippen molar-refractivity contribution < 1.29 is 9.45 Å². The molecule has 0 N–H and O–H groups in total. The van der Waals surface area contributed by atoms with E-state index in [9.17, 15) is 10.1 Å². The summed E-state index contributed by atoms with van der Waals surface area (Å²) in [5.74, 6) is 0.452. The Labute approximate surface area is 134 Å². The molecule has 1 aromatic heterocycles. The summed E-state index contributed by atoms with van der Waals surface area (Å²) in [7, 11) is 0. The van der Waals surface area contributed by atoms with E-state index in [1.54, 1.807) is 30.3 Å². The number of aromatic nitrogens is 2. The molecule has 3 rings (SSSR count). The maximum Gasteiger partial charge on any atom is 0.270 e. The maximum atomic E-state index is 10.8. The number of non-ortho nitro benzene ring substituents is 1. The van der Waals surface area contributed by atoms with Gasteiger partial charge in [-0.15, -0.1) is 0 Å². The van der Waals surface area contributed by atoms with E-state index in [1.807, 2.05) is 0 Å². The summed E-state index contributed by atoms with van der Waals surface area (Å²) in [5, 5.41) is 15.5. The normalized spacial score (nSPS) is 10.6. The molecule has 2 aromatic carbocycles. The van der Waals surface area contributed by atoms with E-state index < -0.39 is 4.92 Å². The molecule has 0 unspecified atom stereocenters. The third kappa shape index (κ3) is 2.79. The van der Waals surface area contributed by atoms with Crippen LogP contribution >= 0.6 is 23.2 Å². The van der Waals surface area contributed by atoms with Gasteiger partial charge in [0.15, 0.2) is 0 Å². The molecule has 0 aliphatic rings. The summed E-state index contributed by atoms with van der Waals surface area (Å²) in [6.07, 6.45) is 0. The van der Waals surface area contributed by atoms with Crippen LogP contribution in [0.15, 0.2) is 47.0 Å². The minimum atomic E-state index is -0.486. The summed E-state index contributed by atoms with van der Waals surface area (Å²) >= 11 is 11.9. The molecule has 0 bridgehead atoms. The van der Waals surface area contributed by atoms with Gasteiger partial charge in [0.25, 0.3) is 11.6 Å². The highest BCUT2D eigenvalue weighted by atomic mass is 35.5. The van der Waals surface area contributed by atoms with Crippen molar-refractivity contribution in [1.29, 1.82) is 0 Å². The molecule has 0 aliphatic carbocycles. The Morgan fingerprint density at radius 1 is 1.14 bits per heavy atom. The Morgan fingerprint density at radius 2 is 1.95 bits per heavy atom. The summed E-state index contributed by atoms with van der Waals surface area (Å²) < 4.78 is 5.17. The van der Waals surface area contributed by atoms with E-state index >= 15 is 0 Å². The highest BCUT2D eigenvalue weighted by Crippen LogP contribution is 2.31. The molecule has 6 nitrogen and oxygen atoms in total. The Morgan fingerprint density at radius 3 is 2.68 bits per heavy atom. The molecule has 0 aliphatic heterocycles. The zero-order valence-electron chi connectivity index (χ0n) is 10.9. The zero-order chi connectivity index (χ0) is 15.7. The van der Waals surface area contributed by atoms with Crippen molar-refractivity contribution in [2.24, 2.45) is 0 Å². The molecule has 22 heavy (non-hydrogen) atoms. The Kier molecular flexibility index (Phi) is 3.79. The van der Waals surface area contributed by atoms with Gasteiger partial charge in [0, 0.05) is 22.7 Å². The predicted octanol–water partition coefficient (Wildman–Crippen LogP) is 4.62. The average Bonchev–Trinajstić information content (AvgIpc) is 2.97. The summed E-state index contributed by atoms with van der Waals surface area (Å²) in [6, 6.07) is 10.9. The summed E-state index contributed by atoms with van der Waals surface area (Å²) in [6.45, 7) is 0. The fourth-order valence-corrected chi connectivity index (χ4v) is 2.36. The first-order valence-electron chi connectivity index (χ1n) is 6.08. The van der Waals surface area contributed by atoms with E-state index in [4.69, 9.17) is 27.7 Å². The number of benzene rings is 2. The molecule has 0 radical (unpaired) electrons. The van der Waals surface area contributed by atoms with Crippen molar-refractivity contribution in [1.82, 2.24) is 10.1 Å². The molecule has 0 saturated carbocycles. The van der Waals surface area contributed by atoms with Gasteiger partial charge in [-0.05, 0) is 18.2 Å². The first-order chi connectivity index (χ1) is 10.5. The third-order valence-electron chi connectivity index (χ3n) is 2.90. The molecule has 3 aromatic rings. The number of nitrogens with zero attached hydrogens (tertiary/aromatic N) is 3. The SMILES string of the molecule is O=[N+]([O-])c1cccc(-c2noc(-c3ccc(Cl)cc3Cl)n2)c1. The standard InChI is InChI=1S/C14H7Cl2N3O3/c15-9-4-5-11(12(16)7-9)14-17-13(18-22-14)8-2-1-3-10(6-8)19(20)21/h1-7H. The highest BCUT2D eigenvalue weighted by molar-refractivity contribution is 6.36. The third-order valence-corrected chi connectivity index (χ3v) is 3.45. The summed E-state index contributed by atoms with van der Waals surface area (Å²) in [5.41, 5.74) is 0.970. The predicted molar refractivity (Wildman–Crippen MR) is 81.8 cm³/mol. The first-order valence-corrected chi connectivity index (χ1v) is 6.84. The zero-order valence-corrected chi connectivity index (χ0v) is 12.4. The van der Waals surface area contributed by atoms with Crippen molar-refractivity contribution in [2.75, 3.05) is 0 Å². The van der Waals surface area contributed by atoms with E-state index in [-0.39, 0.29) is 17.4 Å². The van der Waals surface area contributed by atoms with Gasteiger partial charge in [0.05, 0.1) is 15.5 Å². The second-order valence-electron chi connectivity index (χ2n) is 4.35. The van der Waals surface area contributed by atoms with Gasteiger partial charge >= 0.3 is 0 Å². The molecule has 0 fully saturated rings. The van der Waals surface area contributed by atoms with Crippen molar-refractivity contribution in [3.8, 4) is 22.8 Å². The number of halogens is 2. The van der Waals surface area contributed by atoms with Gasteiger partial charge in [-0.25, -0.2) is 0 Å². The highest BCUT2D eigenvalue weighted by Gasteiger charge is 2.15. The van der Waals surface area contributed by atoms with Gasteiger partial charge in [0.2, 0.25) is 5.82 Å². The molecule has 8 heteroatoms. The fraction of sp³-hybridized carbons (Fsp3) is 0.